The van der Waals surface area contributed by atoms with E-state index in [2.05, 4.69) is 17.1 Å². The number of nitrogens with zero attached hydrogens (tertiary/aromatic N) is 2. The molecule has 2 heterocycles. The zero-order valence-corrected chi connectivity index (χ0v) is 8.78. The number of hydrogen-bond donors (Lipinski definition) is 2. The number of nitriles is 2. The van der Waals surface area contributed by atoms with Gasteiger partial charge in [-0.15, -0.1) is 0 Å². The molecule has 0 aromatic rings. The van der Waals surface area contributed by atoms with Crippen LogP contribution in [0, 0.1) is 33.5 Å². The van der Waals surface area contributed by atoms with E-state index in [-0.39, 0.29) is 11.9 Å². The van der Waals surface area contributed by atoms with Gasteiger partial charge in [-0.3, -0.25) is 5.73 Å². The summed E-state index contributed by atoms with van der Waals surface area (Å²) in [7, 11) is 0. The number of nitrogens with two attached hydrogens (primary N) is 1. The van der Waals surface area contributed by atoms with Crippen molar-refractivity contribution in [2.45, 2.75) is 25.4 Å². The smallest absolute Gasteiger partial charge is 0.311 e. The molecule has 6 nitrogen and oxygen atoms in total. The maximum absolute atomic E-state index is 9.32. The third-order valence-corrected chi connectivity index (χ3v) is 3.72. The molecule has 0 amide bonds. The minimum atomic E-state index is -1.22. The molecule has 6 heteroatoms. The van der Waals surface area contributed by atoms with Crippen molar-refractivity contribution in [3.05, 3.63) is 0 Å². The first-order valence-electron chi connectivity index (χ1n) is 5.11. The fourth-order valence-electron chi connectivity index (χ4n) is 2.75. The van der Waals surface area contributed by atoms with Gasteiger partial charge in [0.05, 0.1) is 24.8 Å². The first-order chi connectivity index (χ1) is 7.56. The third-order valence-electron chi connectivity index (χ3n) is 3.72. The molecule has 1 spiro atoms. The first kappa shape index (κ1) is 9.59. The molecule has 2 fully saturated rings. The third kappa shape index (κ3) is 0.683. The van der Waals surface area contributed by atoms with Gasteiger partial charge in [0.25, 0.3) is 5.84 Å². The molecule has 1 saturated heterocycles. The van der Waals surface area contributed by atoms with E-state index in [9.17, 15) is 10.5 Å². The number of ether oxygens (including phenoxy) is 2. The summed E-state index contributed by atoms with van der Waals surface area (Å²) in [6.45, 7) is 2.25. The zero-order valence-electron chi connectivity index (χ0n) is 8.78. The van der Waals surface area contributed by atoms with Gasteiger partial charge in [-0.1, -0.05) is 0 Å². The van der Waals surface area contributed by atoms with Gasteiger partial charge in [0.15, 0.2) is 10.8 Å². The fraction of sp³-hybridized carbons (Fsp3) is 0.700. The predicted molar refractivity (Wildman–Crippen MR) is 50.1 cm³/mol. The average Bonchev–Trinajstić information content (AvgIpc) is 2.78. The summed E-state index contributed by atoms with van der Waals surface area (Å²) in [6.07, 6.45) is 0.263. The summed E-state index contributed by atoms with van der Waals surface area (Å²) >= 11 is 0. The van der Waals surface area contributed by atoms with Gasteiger partial charge in [0.1, 0.15) is 0 Å². The molecule has 16 heavy (non-hydrogen) atoms. The van der Waals surface area contributed by atoms with Crippen molar-refractivity contribution < 1.29 is 14.5 Å². The van der Waals surface area contributed by atoms with Crippen molar-refractivity contribution in [3.8, 4) is 12.1 Å². The van der Waals surface area contributed by atoms with Crippen LogP contribution < -0.4 is 10.7 Å². The van der Waals surface area contributed by atoms with E-state index in [1.54, 1.807) is 0 Å². The van der Waals surface area contributed by atoms with Crippen LogP contribution in [0.5, 0.6) is 0 Å². The van der Waals surface area contributed by atoms with Crippen LogP contribution in [0.15, 0.2) is 0 Å². The van der Waals surface area contributed by atoms with Gasteiger partial charge >= 0.3 is 5.91 Å². The van der Waals surface area contributed by atoms with E-state index < -0.39 is 16.7 Å². The van der Waals surface area contributed by atoms with E-state index in [1.807, 2.05) is 6.92 Å². The highest BCUT2D eigenvalue weighted by molar-refractivity contribution is 5.92. The van der Waals surface area contributed by atoms with Gasteiger partial charge < -0.3 is 9.47 Å². The van der Waals surface area contributed by atoms with Gasteiger partial charge in [-0.2, -0.15) is 10.5 Å². The van der Waals surface area contributed by atoms with E-state index >= 15 is 0 Å². The van der Waals surface area contributed by atoms with Gasteiger partial charge in [0.2, 0.25) is 0 Å². The van der Waals surface area contributed by atoms with Crippen LogP contribution in [-0.2, 0) is 9.47 Å². The maximum Gasteiger partial charge on any atom is 0.343 e. The van der Waals surface area contributed by atoms with Crippen molar-refractivity contribution in [2.75, 3.05) is 6.61 Å². The molecule has 3 aliphatic rings. The minimum absolute atomic E-state index is 0.111. The zero-order chi connectivity index (χ0) is 11.6. The second-order valence-electron chi connectivity index (χ2n) is 4.61. The maximum atomic E-state index is 9.32. The Morgan fingerprint density at radius 2 is 2.25 bits per heavy atom. The highest BCUT2D eigenvalue weighted by Gasteiger charge is 2.91. The number of fused-ring (bicyclic) bond motifs is 2. The van der Waals surface area contributed by atoms with E-state index in [1.165, 1.54) is 0 Å². The molecular formula is C10H11N4O2+. The Morgan fingerprint density at radius 1 is 1.50 bits per heavy atom. The minimum Gasteiger partial charge on any atom is -0.311 e. The standard InChI is InChI=1S/C10H10N4O2/c1-6-2-15-10(16-6)9(5-12)3-8(9,4-11)7(13)14-10/h6H,2-3H2,1H3,(H2,13,14)/p+1/t6-,8+,9+,10-/m1/s1. The van der Waals surface area contributed by atoms with Crippen molar-refractivity contribution >= 4 is 5.84 Å². The summed E-state index contributed by atoms with van der Waals surface area (Å²) in [6, 6.07) is 4.27. The molecule has 0 bridgehead atoms. The van der Waals surface area contributed by atoms with Crippen LogP contribution in [0.3, 0.4) is 0 Å². The van der Waals surface area contributed by atoms with Crippen LogP contribution in [-0.4, -0.2) is 24.5 Å². The number of hydrogen-bond acceptors (Lipinski definition) is 5. The normalized spacial score (nSPS) is 52.9. The second-order valence-corrected chi connectivity index (χ2v) is 4.61. The molecular weight excluding hydrogens is 208 g/mol. The van der Waals surface area contributed by atoms with Crippen LogP contribution >= 0.6 is 0 Å². The molecule has 0 aromatic heterocycles. The summed E-state index contributed by atoms with van der Waals surface area (Å²) in [5.74, 6) is -0.938. The Hall–Kier alpha value is -1.63. The van der Waals surface area contributed by atoms with Crippen LogP contribution in [0.4, 0.5) is 0 Å². The SMILES string of the molecule is C[C@@H]1CO[C@@]2([NH+]=C(N)[C@@]3(C#N)C[C@@]23C#N)O1. The summed E-state index contributed by atoms with van der Waals surface area (Å²) in [5.41, 5.74) is 3.85. The number of amidine groups is 1. The van der Waals surface area contributed by atoms with Gasteiger partial charge in [0, 0.05) is 6.42 Å². The number of nitrogens with one attached hydrogen (secondary N) is 1. The second kappa shape index (κ2) is 2.37. The first-order valence-corrected chi connectivity index (χ1v) is 5.11. The molecule has 0 aromatic carbocycles. The van der Waals surface area contributed by atoms with Gasteiger partial charge in [-0.05, 0) is 6.92 Å². The molecule has 3 N–H and O–H groups in total. The highest BCUT2D eigenvalue weighted by Crippen LogP contribution is 2.70. The Labute approximate surface area is 92.3 Å². The van der Waals surface area contributed by atoms with Crippen molar-refractivity contribution in [2.24, 2.45) is 16.6 Å². The molecule has 1 saturated carbocycles. The highest BCUT2D eigenvalue weighted by atomic mass is 16.8. The molecule has 2 aliphatic heterocycles. The van der Waals surface area contributed by atoms with Crippen LogP contribution in [0.2, 0.25) is 0 Å². The molecule has 3 rings (SSSR count). The Bertz CT molecular complexity index is 490. The van der Waals surface area contributed by atoms with Crippen molar-refractivity contribution in [3.63, 3.8) is 0 Å². The van der Waals surface area contributed by atoms with Crippen molar-refractivity contribution in [1.82, 2.24) is 0 Å². The summed E-state index contributed by atoms with van der Waals surface area (Å²) in [5, 5.41) is 18.5. The van der Waals surface area contributed by atoms with Crippen LogP contribution in [0.1, 0.15) is 13.3 Å². The van der Waals surface area contributed by atoms with E-state index in [0.717, 1.165) is 0 Å². The Kier molecular flexibility index (Phi) is 1.42. The Morgan fingerprint density at radius 3 is 2.69 bits per heavy atom. The average molecular weight is 219 g/mol. The quantitative estimate of drug-likeness (QED) is 0.487. The lowest BCUT2D eigenvalue weighted by Crippen LogP contribution is -2.89. The lowest BCUT2D eigenvalue weighted by atomic mass is 9.94. The fourth-order valence-corrected chi connectivity index (χ4v) is 2.75. The summed E-state index contributed by atoms with van der Waals surface area (Å²) < 4.78 is 11.2. The lowest BCUT2D eigenvalue weighted by Gasteiger charge is -2.22. The molecule has 82 valence electrons. The number of rotatable bonds is 0. The van der Waals surface area contributed by atoms with E-state index in [0.29, 0.717) is 13.0 Å². The molecule has 4 atom stereocenters. The van der Waals surface area contributed by atoms with Gasteiger partial charge in [-0.25, -0.2) is 4.99 Å². The molecule has 0 radical (unpaired) electrons. The monoisotopic (exact) mass is 219 g/mol. The summed E-state index contributed by atoms with van der Waals surface area (Å²) in [4.78, 5) is 2.85. The van der Waals surface area contributed by atoms with Crippen LogP contribution in [0.25, 0.3) is 0 Å². The van der Waals surface area contributed by atoms with E-state index in [4.69, 9.17) is 15.2 Å². The lowest BCUT2D eigenvalue weighted by molar-refractivity contribution is -0.677. The molecule has 0 unspecified atom stereocenters. The predicted octanol–water partition coefficient (Wildman–Crippen LogP) is -2.05. The largest absolute Gasteiger partial charge is 0.343 e. The molecule has 1 aliphatic carbocycles. The topological polar surface area (TPSA) is 106 Å². The Balaban J connectivity index is 2.13. The van der Waals surface area contributed by atoms with Crippen molar-refractivity contribution in [1.29, 1.82) is 10.5 Å².